The summed E-state index contributed by atoms with van der Waals surface area (Å²) in [4.78, 5) is 11.5. The Balaban J connectivity index is 1.03. The first-order valence-electron chi connectivity index (χ1n) is 23.4. The zero-order valence-electron chi connectivity index (χ0n) is 37.3. The number of thiophene rings is 1. The van der Waals surface area contributed by atoms with Gasteiger partial charge in [0.2, 0.25) is 0 Å². The lowest BCUT2D eigenvalue weighted by molar-refractivity contribution is 0.459. The molecule has 15 rings (SSSR count). The van der Waals surface area contributed by atoms with Crippen molar-refractivity contribution in [2.75, 3.05) is 0 Å². The van der Waals surface area contributed by atoms with Gasteiger partial charge in [0.1, 0.15) is 11.4 Å². The van der Waals surface area contributed by atoms with E-state index in [0.717, 1.165) is 88.7 Å². The lowest BCUT2D eigenvalue weighted by atomic mass is 9.93. The van der Waals surface area contributed by atoms with Gasteiger partial charge in [-0.15, -0.1) is 11.3 Å². The van der Waals surface area contributed by atoms with Gasteiger partial charge in [0.15, 0.2) is 17.1 Å². The van der Waals surface area contributed by atoms with Crippen LogP contribution in [0, 0.1) is 0 Å². The largest absolute Gasteiger partial charge is 0.454 e. The number of rotatable bonds is 5. The number of hydrogen-bond donors (Lipinski definition) is 1. The van der Waals surface area contributed by atoms with E-state index in [1.54, 1.807) is 0 Å². The number of nitrogens with one attached hydrogen (secondary N) is 1. The van der Waals surface area contributed by atoms with Crippen molar-refractivity contribution >= 4 is 120 Å². The van der Waals surface area contributed by atoms with E-state index in [0.29, 0.717) is 5.84 Å². The Hall–Kier alpha value is -8.78. The molecule has 0 aliphatic carbocycles. The van der Waals surface area contributed by atoms with E-state index >= 15 is 0 Å². The number of aliphatic imine (C=N–C) groups is 2. The van der Waals surface area contributed by atoms with E-state index in [4.69, 9.17) is 14.4 Å². The molecule has 0 spiro atoms. The van der Waals surface area contributed by atoms with Crippen LogP contribution >= 0.6 is 11.3 Å². The van der Waals surface area contributed by atoms with Gasteiger partial charge in [-0.25, -0.2) is 9.98 Å². The van der Waals surface area contributed by atoms with Crippen LogP contribution in [0.1, 0.15) is 23.6 Å². The number of hydrogen-bond acceptors (Lipinski definition) is 5. The minimum atomic E-state index is -0.982. The summed E-state index contributed by atoms with van der Waals surface area (Å²) in [5.74, 6) is 1.39. The third-order valence-electron chi connectivity index (χ3n) is 14.3. The molecule has 0 saturated heterocycles. The van der Waals surface area contributed by atoms with Crippen molar-refractivity contribution in [1.29, 1.82) is 0 Å². The Kier molecular flexibility index (Phi) is 7.98. The molecule has 1 unspecified atom stereocenters. The van der Waals surface area contributed by atoms with Crippen LogP contribution in [0.25, 0.3) is 108 Å². The van der Waals surface area contributed by atoms with Crippen molar-refractivity contribution < 1.29 is 4.42 Å². The second-order valence-corrected chi connectivity index (χ2v) is 19.3. The Morgan fingerprint density at radius 2 is 1.14 bits per heavy atom. The minimum Gasteiger partial charge on any atom is -0.454 e. The third-order valence-corrected chi connectivity index (χ3v) is 15.5. The van der Waals surface area contributed by atoms with Crippen LogP contribution in [0.5, 0.6) is 0 Å². The molecule has 4 aromatic heterocycles. The molecule has 5 heterocycles. The fourth-order valence-electron chi connectivity index (χ4n) is 11.3. The summed E-state index contributed by atoms with van der Waals surface area (Å²) in [5.41, 5.74) is 10.1. The van der Waals surface area contributed by atoms with E-state index in [1.165, 1.54) is 41.7 Å². The molecule has 0 saturated carbocycles. The van der Waals surface area contributed by atoms with Crippen molar-refractivity contribution in [3.8, 4) is 11.4 Å². The average Bonchev–Trinajstić information content (AvgIpc) is 4.16. The first-order valence-corrected chi connectivity index (χ1v) is 24.2. The second-order valence-electron chi connectivity index (χ2n) is 18.3. The van der Waals surface area contributed by atoms with Crippen molar-refractivity contribution in [2.24, 2.45) is 9.98 Å². The van der Waals surface area contributed by atoms with Gasteiger partial charge < -0.3 is 18.9 Å². The van der Waals surface area contributed by atoms with Gasteiger partial charge in [0.25, 0.3) is 0 Å². The molecule has 0 radical (unpaired) electrons. The number of furan rings is 1. The number of para-hydroxylation sites is 4. The summed E-state index contributed by atoms with van der Waals surface area (Å²) in [5, 5.41) is 15.5. The van der Waals surface area contributed by atoms with E-state index in [1.807, 2.05) is 17.4 Å². The van der Waals surface area contributed by atoms with Crippen LogP contribution in [-0.2, 0) is 5.66 Å². The molecule has 10 aromatic carbocycles. The van der Waals surface area contributed by atoms with Gasteiger partial charge >= 0.3 is 0 Å². The highest BCUT2D eigenvalue weighted by Crippen LogP contribution is 2.45. The van der Waals surface area contributed by atoms with Crippen molar-refractivity contribution in [2.45, 2.75) is 12.6 Å². The highest BCUT2D eigenvalue weighted by Gasteiger charge is 2.36. The lowest BCUT2D eigenvalue weighted by Gasteiger charge is -2.34. The van der Waals surface area contributed by atoms with Crippen LogP contribution in [0.15, 0.2) is 227 Å². The zero-order valence-corrected chi connectivity index (χ0v) is 38.1. The fraction of sp³-hybridized carbons (Fsp3) is 0.0323. The van der Waals surface area contributed by atoms with E-state index in [2.05, 4.69) is 228 Å². The monoisotopic (exact) mass is 901 g/mol. The van der Waals surface area contributed by atoms with Crippen molar-refractivity contribution in [3.05, 3.63) is 229 Å². The maximum atomic E-state index is 7.08. The molecule has 0 bridgehead atoms. The zero-order chi connectivity index (χ0) is 45.4. The Labute approximate surface area is 399 Å². The summed E-state index contributed by atoms with van der Waals surface area (Å²) in [6.07, 6.45) is 0. The highest BCUT2D eigenvalue weighted by molar-refractivity contribution is 7.25. The molecule has 1 N–H and O–H groups in total. The predicted molar refractivity (Wildman–Crippen MR) is 289 cm³/mol. The van der Waals surface area contributed by atoms with Gasteiger partial charge in [-0.05, 0) is 90.5 Å². The summed E-state index contributed by atoms with van der Waals surface area (Å²) in [7, 11) is 0. The summed E-state index contributed by atoms with van der Waals surface area (Å²) in [6, 6.07) is 76.0. The molecule has 69 heavy (non-hydrogen) atoms. The number of nitrogens with zero attached hydrogens (tertiary/aromatic N) is 4. The van der Waals surface area contributed by atoms with E-state index < -0.39 is 5.66 Å². The quantitative estimate of drug-likeness (QED) is 0.187. The molecular weight excluding hydrogens is 863 g/mol. The Morgan fingerprint density at radius 3 is 2.00 bits per heavy atom. The molecule has 7 heteroatoms. The molecule has 1 aliphatic heterocycles. The molecule has 14 aromatic rings. The van der Waals surface area contributed by atoms with E-state index in [9.17, 15) is 0 Å². The van der Waals surface area contributed by atoms with Gasteiger partial charge in [0.05, 0.1) is 27.8 Å². The number of benzene rings is 10. The molecule has 1 aliphatic rings. The minimum absolute atomic E-state index is 0.628. The fourth-order valence-corrected chi connectivity index (χ4v) is 12.5. The lowest BCUT2D eigenvalue weighted by Crippen LogP contribution is -2.46. The third kappa shape index (κ3) is 5.53. The topological polar surface area (TPSA) is 59.8 Å². The maximum absolute atomic E-state index is 7.08. The molecular formula is C62H39N5OS. The number of aromatic nitrogens is 2. The van der Waals surface area contributed by atoms with Gasteiger partial charge in [-0.2, -0.15) is 0 Å². The normalized spacial score (nSPS) is 15.4. The molecule has 324 valence electrons. The Bertz CT molecular complexity index is 4550. The molecule has 0 amide bonds. The van der Waals surface area contributed by atoms with Crippen LogP contribution in [0.4, 0.5) is 0 Å². The first-order chi connectivity index (χ1) is 34.1. The van der Waals surface area contributed by atoms with Crippen molar-refractivity contribution in [3.63, 3.8) is 0 Å². The van der Waals surface area contributed by atoms with Crippen LogP contribution < -0.4 is 5.32 Å². The standard InChI is InChI=1S/C62H39N5OS/c1-62(47-26-16-29-50-58(47)41-22-8-12-28-49(41)66(50)39-19-3-2-4-20-39)64-60(44-25-15-32-55-56(44)43-24-10-14-31-54(43)69-55)63-61(65-62)45-33-34-51(59-57(45)42-23-9-13-30-53(42)68-59)67-48-27-11-7-21-40(48)46-35-37-17-5-6-18-38(37)36-52(46)67/h2-36H,1H3,(H,63,64,65). The summed E-state index contributed by atoms with van der Waals surface area (Å²) in [6.45, 7) is 2.21. The predicted octanol–water partition coefficient (Wildman–Crippen LogP) is 16.0. The maximum Gasteiger partial charge on any atom is 0.160 e. The van der Waals surface area contributed by atoms with Gasteiger partial charge in [0, 0.05) is 74.9 Å². The van der Waals surface area contributed by atoms with Crippen LogP contribution in [0.3, 0.4) is 0 Å². The first kappa shape index (κ1) is 38.3. The van der Waals surface area contributed by atoms with Crippen molar-refractivity contribution in [1.82, 2.24) is 14.5 Å². The second kappa shape index (κ2) is 14.4. The highest BCUT2D eigenvalue weighted by atomic mass is 32.1. The van der Waals surface area contributed by atoms with E-state index in [-0.39, 0.29) is 0 Å². The van der Waals surface area contributed by atoms with Crippen LogP contribution in [0.2, 0.25) is 0 Å². The average molecular weight is 902 g/mol. The van der Waals surface area contributed by atoms with Crippen LogP contribution in [-0.4, -0.2) is 20.8 Å². The number of fused-ring (bicyclic) bond motifs is 13. The molecule has 0 fully saturated rings. The number of amidine groups is 2. The SMILES string of the molecule is CC1(c2cccc3c2c2ccccc2n3-c2ccccc2)N=C(c2ccc(-n3c4ccccc4c4cc5ccccc5cc43)c3oc4ccccc4c23)N=C(c2cccc3sc4ccccc4c23)N1. The molecule has 1 atom stereocenters. The summed E-state index contributed by atoms with van der Waals surface area (Å²) < 4.78 is 14.3. The summed E-state index contributed by atoms with van der Waals surface area (Å²) >= 11 is 1.81. The Morgan fingerprint density at radius 1 is 0.478 bits per heavy atom. The smallest absolute Gasteiger partial charge is 0.160 e. The van der Waals surface area contributed by atoms with Gasteiger partial charge in [-0.1, -0.05) is 140 Å². The molecule has 6 nitrogen and oxygen atoms in total. The van der Waals surface area contributed by atoms with Gasteiger partial charge in [-0.3, -0.25) is 0 Å².